The van der Waals surface area contributed by atoms with Crippen LogP contribution in [0.1, 0.15) is 11.1 Å². The highest BCUT2D eigenvalue weighted by Crippen LogP contribution is 2.32. The largest absolute Gasteiger partial charge is 0.481 e. The third-order valence-electron chi connectivity index (χ3n) is 2.29. The number of hydrogen-bond donors (Lipinski definition) is 1. The maximum atomic E-state index is 10.9. The number of carboxylic acid groups (broad SMARTS) is 1. The predicted octanol–water partition coefficient (Wildman–Crippen LogP) is 2.23. The normalized spacial score (nSPS) is 9.89. The van der Waals surface area contributed by atoms with E-state index in [1.807, 2.05) is 0 Å². The number of carboxylic acids is 1. The molecule has 0 radical (unpaired) electrons. The van der Waals surface area contributed by atoms with Crippen LogP contribution in [0.3, 0.4) is 0 Å². The molecule has 1 rings (SSSR count). The molecule has 0 aliphatic rings. The van der Waals surface area contributed by atoms with Crippen molar-refractivity contribution in [2.75, 3.05) is 6.61 Å². The number of aryl methyl sites for hydroxylation is 2. The fourth-order valence-corrected chi connectivity index (χ4v) is 1.48. The summed E-state index contributed by atoms with van der Waals surface area (Å²) in [6.45, 7) is 6.41. The Hall–Kier alpha value is -2.37. The van der Waals surface area contributed by atoms with Gasteiger partial charge in [-0.25, -0.2) is 4.79 Å². The third kappa shape index (κ3) is 3.07. The smallest absolute Gasteiger partial charge is 0.334 e. The number of nitro groups is 1. The van der Waals surface area contributed by atoms with Crippen LogP contribution in [0.2, 0.25) is 0 Å². The van der Waals surface area contributed by atoms with Crippen molar-refractivity contribution < 1.29 is 19.6 Å². The van der Waals surface area contributed by atoms with Crippen molar-refractivity contribution in [2.45, 2.75) is 13.8 Å². The van der Waals surface area contributed by atoms with Gasteiger partial charge in [-0.2, -0.15) is 0 Å². The molecular weight excluding hydrogens is 238 g/mol. The summed E-state index contributed by atoms with van der Waals surface area (Å²) >= 11 is 0. The van der Waals surface area contributed by atoms with E-state index in [1.165, 1.54) is 6.07 Å². The van der Waals surface area contributed by atoms with E-state index >= 15 is 0 Å². The SMILES string of the molecule is C=C(COc1c(C)cc(C)cc1[N+](=O)[O-])C(=O)O. The van der Waals surface area contributed by atoms with Crippen LogP contribution in [0.5, 0.6) is 5.75 Å². The summed E-state index contributed by atoms with van der Waals surface area (Å²) < 4.78 is 5.19. The number of carbonyl (C=O) groups is 1. The molecule has 0 bridgehead atoms. The lowest BCUT2D eigenvalue weighted by Crippen LogP contribution is -2.10. The second-order valence-electron chi connectivity index (χ2n) is 3.88. The molecule has 0 amide bonds. The minimum Gasteiger partial charge on any atom is -0.481 e. The van der Waals surface area contributed by atoms with Gasteiger partial charge in [0.15, 0.2) is 5.75 Å². The first-order valence-electron chi connectivity index (χ1n) is 5.12. The summed E-state index contributed by atoms with van der Waals surface area (Å²) in [4.78, 5) is 20.9. The molecule has 96 valence electrons. The lowest BCUT2D eigenvalue weighted by Gasteiger charge is -2.10. The van der Waals surface area contributed by atoms with Gasteiger partial charge in [-0.15, -0.1) is 0 Å². The molecule has 0 aromatic heterocycles. The highest BCUT2D eigenvalue weighted by molar-refractivity contribution is 5.86. The third-order valence-corrected chi connectivity index (χ3v) is 2.29. The van der Waals surface area contributed by atoms with Crippen molar-refractivity contribution in [1.29, 1.82) is 0 Å². The Morgan fingerprint density at radius 1 is 1.50 bits per heavy atom. The predicted molar refractivity (Wildman–Crippen MR) is 64.8 cm³/mol. The van der Waals surface area contributed by atoms with Crippen molar-refractivity contribution in [2.24, 2.45) is 0 Å². The zero-order chi connectivity index (χ0) is 13.9. The second-order valence-corrected chi connectivity index (χ2v) is 3.88. The topological polar surface area (TPSA) is 89.7 Å². The minimum atomic E-state index is -1.19. The van der Waals surface area contributed by atoms with E-state index in [4.69, 9.17) is 9.84 Å². The van der Waals surface area contributed by atoms with E-state index in [2.05, 4.69) is 6.58 Å². The molecule has 0 aliphatic heterocycles. The van der Waals surface area contributed by atoms with Crippen molar-refractivity contribution in [1.82, 2.24) is 0 Å². The molecule has 6 nitrogen and oxygen atoms in total. The molecule has 0 spiro atoms. The van der Waals surface area contributed by atoms with Gasteiger partial charge in [-0.1, -0.05) is 12.6 Å². The molecule has 0 fully saturated rings. The Morgan fingerprint density at radius 3 is 2.61 bits per heavy atom. The number of ether oxygens (including phenoxy) is 1. The van der Waals surface area contributed by atoms with E-state index in [0.717, 1.165) is 5.56 Å². The molecular formula is C12H13NO5. The maximum absolute atomic E-state index is 10.9. The van der Waals surface area contributed by atoms with Crippen molar-refractivity contribution in [3.8, 4) is 5.75 Å². The van der Waals surface area contributed by atoms with Crippen molar-refractivity contribution >= 4 is 11.7 Å². The maximum Gasteiger partial charge on any atom is 0.334 e. The molecule has 6 heteroatoms. The zero-order valence-corrected chi connectivity index (χ0v) is 10.1. The molecule has 1 aromatic carbocycles. The van der Waals surface area contributed by atoms with Crippen LogP contribution in [0, 0.1) is 24.0 Å². The molecule has 0 heterocycles. The molecule has 0 saturated heterocycles. The summed E-state index contributed by atoms with van der Waals surface area (Å²) in [6, 6.07) is 3.11. The van der Waals surface area contributed by atoms with E-state index < -0.39 is 10.9 Å². The summed E-state index contributed by atoms with van der Waals surface area (Å²) in [6.07, 6.45) is 0. The number of benzene rings is 1. The molecule has 1 N–H and O–H groups in total. The van der Waals surface area contributed by atoms with Crippen LogP contribution in [0.25, 0.3) is 0 Å². The lowest BCUT2D eigenvalue weighted by atomic mass is 10.1. The highest BCUT2D eigenvalue weighted by Gasteiger charge is 2.19. The van der Waals surface area contributed by atoms with Crippen LogP contribution in [-0.2, 0) is 4.79 Å². The molecule has 0 unspecified atom stereocenters. The Bertz CT molecular complexity index is 521. The Kier molecular flexibility index (Phi) is 4.04. The van der Waals surface area contributed by atoms with E-state index in [0.29, 0.717) is 5.56 Å². The fraction of sp³-hybridized carbons (Fsp3) is 0.250. The molecule has 1 aromatic rings. The van der Waals surface area contributed by atoms with Gasteiger partial charge in [0.05, 0.1) is 10.5 Å². The van der Waals surface area contributed by atoms with Gasteiger partial charge in [0, 0.05) is 6.07 Å². The average Bonchev–Trinajstić information content (AvgIpc) is 2.26. The van der Waals surface area contributed by atoms with Crippen molar-refractivity contribution in [3.05, 3.63) is 45.5 Å². The zero-order valence-electron chi connectivity index (χ0n) is 10.1. The van der Waals surface area contributed by atoms with Gasteiger partial charge < -0.3 is 9.84 Å². The molecule has 0 atom stereocenters. The number of hydrogen-bond acceptors (Lipinski definition) is 4. The number of aliphatic carboxylic acids is 1. The van der Waals surface area contributed by atoms with Crippen LogP contribution in [-0.4, -0.2) is 22.6 Å². The van der Waals surface area contributed by atoms with E-state index in [9.17, 15) is 14.9 Å². The first-order chi connectivity index (χ1) is 8.32. The fourth-order valence-electron chi connectivity index (χ4n) is 1.48. The average molecular weight is 251 g/mol. The highest BCUT2D eigenvalue weighted by atomic mass is 16.6. The van der Waals surface area contributed by atoms with Crippen LogP contribution in [0.4, 0.5) is 5.69 Å². The van der Waals surface area contributed by atoms with Crippen molar-refractivity contribution in [3.63, 3.8) is 0 Å². The van der Waals surface area contributed by atoms with Gasteiger partial charge in [-0.3, -0.25) is 10.1 Å². The summed E-state index contributed by atoms with van der Waals surface area (Å²) in [5.41, 5.74) is 0.985. The number of nitro benzene ring substituents is 1. The van der Waals surface area contributed by atoms with Crippen LogP contribution in [0.15, 0.2) is 24.3 Å². The lowest BCUT2D eigenvalue weighted by molar-refractivity contribution is -0.385. The quantitative estimate of drug-likeness (QED) is 0.492. The van der Waals surface area contributed by atoms with Gasteiger partial charge in [0.25, 0.3) is 0 Å². The Balaban J connectivity index is 3.04. The van der Waals surface area contributed by atoms with Gasteiger partial charge in [0.2, 0.25) is 0 Å². The summed E-state index contributed by atoms with van der Waals surface area (Å²) in [5, 5.41) is 19.5. The first kappa shape index (κ1) is 13.7. The van der Waals surface area contributed by atoms with Gasteiger partial charge >= 0.3 is 11.7 Å². The summed E-state index contributed by atoms with van der Waals surface area (Å²) in [7, 11) is 0. The number of rotatable bonds is 5. The standard InChI is InChI=1S/C12H13NO5/c1-7-4-8(2)11(10(5-7)13(16)17)18-6-9(3)12(14)15/h4-5H,3,6H2,1-2H3,(H,14,15). The second kappa shape index (κ2) is 5.31. The van der Waals surface area contributed by atoms with E-state index in [1.54, 1.807) is 19.9 Å². The number of nitrogens with zero attached hydrogens (tertiary/aromatic N) is 1. The van der Waals surface area contributed by atoms with Gasteiger partial charge in [-0.05, 0) is 25.0 Å². The van der Waals surface area contributed by atoms with Crippen LogP contribution < -0.4 is 4.74 Å². The molecule has 0 aliphatic carbocycles. The first-order valence-corrected chi connectivity index (χ1v) is 5.12. The Labute approximate surface area is 104 Å². The minimum absolute atomic E-state index is 0.0769. The monoisotopic (exact) mass is 251 g/mol. The molecule has 0 saturated carbocycles. The van der Waals surface area contributed by atoms with E-state index in [-0.39, 0.29) is 23.6 Å². The van der Waals surface area contributed by atoms with Crippen LogP contribution >= 0.6 is 0 Å². The molecule has 18 heavy (non-hydrogen) atoms. The van der Waals surface area contributed by atoms with Gasteiger partial charge in [0.1, 0.15) is 6.61 Å². The Morgan fingerprint density at radius 2 is 2.11 bits per heavy atom. The summed E-state index contributed by atoms with van der Waals surface area (Å²) in [5.74, 6) is -1.12.